The van der Waals surface area contributed by atoms with Crippen LogP contribution in [0.1, 0.15) is 31.4 Å². The van der Waals surface area contributed by atoms with Crippen LogP contribution in [0.4, 0.5) is 5.69 Å². The first-order valence-corrected chi connectivity index (χ1v) is 10.4. The average Bonchev–Trinajstić information content (AvgIpc) is 2.68. The standard InChI is InChI=1S/C22H25N3O2S/c1-5-19(20(26)23-17-12-11-14(3)13-15(17)4)28-22-24-18-10-8-7-9-16(18)21(27)25(22)6-2/h7-13,19H,5-6H2,1-4H3,(H,23,26). The Morgan fingerprint density at radius 1 is 1.18 bits per heavy atom. The number of amides is 1. The van der Waals surface area contributed by atoms with E-state index in [4.69, 9.17) is 0 Å². The molecule has 5 nitrogen and oxygen atoms in total. The monoisotopic (exact) mass is 395 g/mol. The number of carbonyl (C=O) groups excluding carboxylic acids is 1. The van der Waals surface area contributed by atoms with Gasteiger partial charge in [-0.15, -0.1) is 0 Å². The Morgan fingerprint density at radius 3 is 2.61 bits per heavy atom. The van der Waals surface area contributed by atoms with Crippen molar-refractivity contribution in [1.82, 2.24) is 9.55 Å². The van der Waals surface area contributed by atoms with E-state index in [9.17, 15) is 9.59 Å². The number of benzene rings is 2. The summed E-state index contributed by atoms with van der Waals surface area (Å²) in [5.41, 5.74) is 3.59. The molecule has 146 valence electrons. The van der Waals surface area contributed by atoms with E-state index < -0.39 is 0 Å². The number of anilines is 1. The molecule has 0 aliphatic rings. The fourth-order valence-corrected chi connectivity index (χ4v) is 4.21. The summed E-state index contributed by atoms with van der Waals surface area (Å²) in [7, 11) is 0. The Morgan fingerprint density at radius 2 is 1.93 bits per heavy atom. The summed E-state index contributed by atoms with van der Waals surface area (Å²) in [4.78, 5) is 30.3. The molecule has 1 unspecified atom stereocenters. The van der Waals surface area contributed by atoms with E-state index in [1.807, 2.05) is 64.1 Å². The number of nitrogens with zero attached hydrogens (tertiary/aromatic N) is 2. The molecule has 0 spiro atoms. The zero-order chi connectivity index (χ0) is 20.3. The molecule has 6 heteroatoms. The van der Waals surface area contributed by atoms with Crippen molar-refractivity contribution < 1.29 is 4.79 Å². The van der Waals surface area contributed by atoms with Crippen molar-refractivity contribution in [3.8, 4) is 0 Å². The van der Waals surface area contributed by atoms with Gasteiger partial charge in [-0.3, -0.25) is 14.2 Å². The summed E-state index contributed by atoms with van der Waals surface area (Å²) in [6, 6.07) is 13.3. The van der Waals surface area contributed by atoms with Crippen LogP contribution in [0.25, 0.3) is 10.9 Å². The molecule has 0 aliphatic carbocycles. The van der Waals surface area contributed by atoms with Crippen molar-refractivity contribution in [2.24, 2.45) is 0 Å². The fourth-order valence-electron chi connectivity index (χ4n) is 3.13. The van der Waals surface area contributed by atoms with Crippen LogP contribution in [-0.4, -0.2) is 20.7 Å². The lowest BCUT2D eigenvalue weighted by Crippen LogP contribution is -2.28. The third-order valence-electron chi connectivity index (χ3n) is 4.69. The van der Waals surface area contributed by atoms with Gasteiger partial charge in [0.1, 0.15) is 0 Å². The summed E-state index contributed by atoms with van der Waals surface area (Å²) in [5, 5.41) is 3.86. The molecule has 28 heavy (non-hydrogen) atoms. The molecular formula is C22H25N3O2S. The van der Waals surface area contributed by atoms with Crippen molar-refractivity contribution in [3.05, 3.63) is 63.9 Å². The molecule has 0 bridgehead atoms. The van der Waals surface area contributed by atoms with E-state index in [0.29, 0.717) is 29.0 Å². The first-order chi connectivity index (χ1) is 13.4. The highest BCUT2D eigenvalue weighted by Gasteiger charge is 2.22. The molecule has 0 radical (unpaired) electrons. The molecule has 1 aromatic heterocycles. The molecular weight excluding hydrogens is 370 g/mol. The topological polar surface area (TPSA) is 64.0 Å². The van der Waals surface area contributed by atoms with E-state index in [1.54, 1.807) is 10.6 Å². The highest BCUT2D eigenvalue weighted by molar-refractivity contribution is 8.00. The first kappa shape index (κ1) is 20.1. The zero-order valence-electron chi connectivity index (χ0n) is 16.7. The summed E-state index contributed by atoms with van der Waals surface area (Å²) in [5.74, 6) is -0.0792. The number of thioether (sulfide) groups is 1. The van der Waals surface area contributed by atoms with Gasteiger partial charge in [0.25, 0.3) is 5.56 Å². The Bertz CT molecular complexity index is 1080. The minimum absolute atomic E-state index is 0.0692. The van der Waals surface area contributed by atoms with Gasteiger partial charge < -0.3 is 5.32 Å². The number of aryl methyl sites for hydroxylation is 2. The number of rotatable bonds is 6. The Kier molecular flexibility index (Phi) is 6.19. The predicted molar refractivity (Wildman–Crippen MR) is 116 cm³/mol. The minimum Gasteiger partial charge on any atom is -0.325 e. The molecule has 0 saturated carbocycles. The van der Waals surface area contributed by atoms with Gasteiger partial charge in [0.15, 0.2) is 5.16 Å². The fraction of sp³-hybridized carbons (Fsp3) is 0.318. The van der Waals surface area contributed by atoms with Crippen LogP contribution in [0.5, 0.6) is 0 Å². The van der Waals surface area contributed by atoms with Gasteiger partial charge in [0.2, 0.25) is 5.91 Å². The molecule has 3 aromatic rings. The predicted octanol–water partition coefficient (Wildman–Crippen LogP) is 4.54. The molecule has 3 rings (SSSR count). The summed E-state index contributed by atoms with van der Waals surface area (Å²) >= 11 is 1.35. The molecule has 0 aliphatic heterocycles. The number of para-hydroxylation sites is 1. The molecule has 0 saturated heterocycles. The van der Waals surface area contributed by atoms with Gasteiger partial charge in [-0.2, -0.15) is 0 Å². The number of nitrogens with one attached hydrogen (secondary N) is 1. The number of fused-ring (bicyclic) bond motifs is 1. The molecule has 1 N–H and O–H groups in total. The van der Waals surface area contributed by atoms with Gasteiger partial charge in [-0.05, 0) is 51.0 Å². The maximum atomic E-state index is 12.9. The second-order valence-electron chi connectivity index (χ2n) is 6.78. The van der Waals surface area contributed by atoms with Crippen LogP contribution in [0.15, 0.2) is 52.4 Å². The van der Waals surface area contributed by atoms with Crippen LogP contribution >= 0.6 is 11.8 Å². The third-order valence-corrected chi connectivity index (χ3v) is 6.05. The largest absolute Gasteiger partial charge is 0.325 e. The van der Waals surface area contributed by atoms with Crippen LogP contribution in [-0.2, 0) is 11.3 Å². The minimum atomic E-state index is -0.341. The van der Waals surface area contributed by atoms with Crippen molar-refractivity contribution in [1.29, 1.82) is 0 Å². The average molecular weight is 396 g/mol. The quantitative estimate of drug-likeness (QED) is 0.491. The molecule has 1 heterocycles. The smallest absolute Gasteiger partial charge is 0.262 e. The maximum Gasteiger partial charge on any atom is 0.262 e. The third kappa shape index (κ3) is 4.12. The van der Waals surface area contributed by atoms with E-state index in [0.717, 1.165) is 16.8 Å². The highest BCUT2D eigenvalue weighted by atomic mass is 32.2. The van der Waals surface area contributed by atoms with Crippen molar-refractivity contribution in [3.63, 3.8) is 0 Å². The number of hydrogen-bond acceptors (Lipinski definition) is 4. The van der Waals surface area contributed by atoms with E-state index in [1.165, 1.54) is 11.8 Å². The molecule has 0 fully saturated rings. The Balaban J connectivity index is 1.90. The van der Waals surface area contributed by atoms with E-state index in [2.05, 4.69) is 10.3 Å². The van der Waals surface area contributed by atoms with Crippen LogP contribution < -0.4 is 10.9 Å². The summed E-state index contributed by atoms with van der Waals surface area (Å²) < 4.78 is 1.64. The highest BCUT2D eigenvalue weighted by Crippen LogP contribution is 2.26. The van der Waals surface area contributed by atoms with Gasteiger partial charge in [0.05, 0.1) is 16.2 Å². The lowest BCUT2D eigenvalue weighted by Gasteiger charge is -2.18. The Labute approximate surface area is 169 Å². The van der Waals surface area contributed by atoms with Gasteiger partial charge in [0, 0.05) is 12.2 Å². The Hall–Kier alpha value is -2.60. The number of aromatic nitrogens is 2. The molecule has 1 atom stereocenters. The van der Waals surface area contributed by atoms with Gasteiger partial charge >= 0.3 is 0 Å². The number of hydrogen-bond donors (Lipinski definition) is 1. The van der Waals surface area contributed by atoms with E-state index >= 15 is 0 Å². The second-order valence-corrected chi connectivity index (χ2v) is 7.95. The zero-order valence-corrected chi connectivity index (χ0v) is 17.5. The lowest BCUT2D eigenvalue weighted by molar-refractivity contribution is -0.115. The van der Waals surface area contributed by atoms with Crippen LogP contribution in [0.2, 0.25) is 0 Å². The van der Waals surface area contributed by atoms with Gasteiger partial charge in [-0.1, -0.05) is 48.5 Å². The SMILES string of the molecule is CCC(Sc1nc2ccccc2c(=O)n1CC)C(=O)Nc1ccc(C)cc1C. The first-order valence-electron chi connectivity index (χ1n) is 9.49. The summed E-state index contributed by atoms with van der Waals surface area (Å²) in [6.45, 7) is 8.40. The van der Waals surface area contributed by atoms with Crippen molar-refractivity contribution in [2.45, 2.75) is 51.1 Å². The maximum absolute atomic E-state index is 12.9. The van der Waals surface area contributed by atoms with E-state index in [-0.39, 0.29) is 16.7 Å². The van der Waals surface area contributed by atoms with Crippen molar-refractivity contribution in [2.75, 3.05) is 5.32 Å². The molecule has 2 aromatic carbocycles. The normalized spacial score (nSPS) is 12.1. The lowest BCUT2D eigenvalue weighted by atomic mass is 10.1. The molecule has 1 amide bonds. The second kappa shape index (κ2) is 8.61. The van der Waals surface area contributed by atoms with Crippen molar-refractivity contribution >= 4 is 34.3 Å². The van der Waals surface area contributed by atoms with Gasteiger partial charge in [-0.25, -0.2) is 4.98 Å². The van der Waals surface area contributed by atoms with Crippen LogP contribution in [0, 0.1) is 13.8 Å². The summed E-state index contributed by atoms with van der Waals surface area (Å²) in [6.07, 6.45) is 0.633. The number of carbonyl (C=O) groups is 1. The van der Waals surface area contributed by atoms with Crippen LogP contribution in [0.3, 0.4) is 0 Å².